The molecule has 0 radical (unpaired) electrons. The zero-order valence-electron chi connectivity index (χ0n) is 9.71. The van der Waals surface area contributed by atoms with Crippen LogP contribution in [0.2, 0.25) is 0 Å². The van der Waals surface area contributed by atoms with Crippen molar-refractivity contribution in [2.45, 2.75) is 25.3 Å². The Morgan fingerprint density at radius 1 is 1.47 bits per heavy atom. The predicted molar refractivity (Wildman–Crippen MR) is 61.9 cm³/mol. The van der Waals surface area contributed by atoms with E-state index in [0.29, 0.717) is 18.3 Å². The second-order valence-electron chi connectivity index (χ2n) is 4.29. The van der Waals surface area contributed by atoms with Crippen LogP contribution in [0.15, 0.2) is 24.5 Å². The molecule has 0 atom stereocenters. The minimum atomic E-state index is 0.638. The zero-order chi connectivity index (χ0) is 11.7. The van der Waals surface area contributed by atoms with Crippen LogP contribution in [-0.4, -0.2) is 27.1 Å². The van der Waals surface area contributed by atoms with Crippen molar-refractivity contribution in [2.75, 3.05) is 7.11 Å². The fourth-order valence-corrected chi connectivity index (χ4v) is 1.86. The van der Waals surface area contributed by atoms with Gasteiger partial charge in [0.15, 0.2) is 0 Å². The topological polar surface area (TPSA) is 52.8 Å². The van der Waals surface area contributed by atoms with Crippen LogP contribution in [0.5, 0.6) is 5.88 Å². The standard InChI is InChI=1S/C12H14N4O/c1-17-12-10(3-2-6-13-12)7-16-8-11(14-15-16)9-4-5-9/h2-3,6,8-9H,4-5,7H2,1H3. The first kappa shape index (κ1) is 10.3. The molecule has 1 saturated carbocycles. The van der Waals surface area contributed by atoms with Gasteiger partial charge in [0.25, 0.3) is 0 Å². The van der Waals surface area contributed by atoms with Crippen LogP contribution in [0, 0.1) is 0 Å². The fourth-order valence-electron chi connectivity index (χ4n) is 1.86. The lowest BCUT2D eigenvalue weighted by Crippen LogP contribution is -2.03. The minimum absolute atomic E-state index is 0.638. The van der Waals surface area contributed by atoms with Crippen LogP contribution in [0.25, 0.3) is 0 Å². The summed E-state index contributed by atoms with van der Waals surface area (Å²) in [5.74, 6) is 1.29. The van der Waals surface area contributed by atoms with E-state index in [1.165, 1.54) is 12.8 Å². The highest BCUT2D eigenvalue weighted by molar-refractivity contribution is 5.25. The van der Waals surface area contributed by atoms with Gasteiger partial charge < -0.3 is 4.74 Å². The molecule has 0 N–H and O–H groups in total. The maximum Gasteiger partial charge on any atom is 0.218 e. The van der Waals surface area contributed by atoms with Gasteiger partial charge in [-0.1, -0.05) is 11.3 Å². The monoisotopic (exact) mass is 230 g/mol. The Labute approximate surface area is 99.4 Å². The van der Waals surface area contributed by atoms with Gasteiger partial charge in [-0.25, -0.2) is 9.67 Å². The average Bonchev–Trinajstić information content (AvgIpc) is 3.11. The molecular weight excluding hydrogens is 216 g/mol. The summed E-state index contributed by atoms with van der Waals surface area (Å²) in [6.45, 7) is 0.650. The highest BCUT2D eigenvalue weighted by Gasteiger charge is 2.26. The molecule has 0 aromatic carbocycles. The van der Waals surface area contributed by atoms with Crippen LogP contribution in [0.4, 0.5) is 0 Å². The van der Waals surface area contributed by atoms with E-state index in [1.54, 1.807) is 13.3 Å². The van der Waals surface area contributed by atoms with Gasteiger partial charge in [0.05, 0.1) is 19.3 Å². The first-order valence-electron chi connectivity index (χ1n) is 5.74. The maximum atomic E-state index is 5.21. The van der Waals surface area contributed by atoms with Crippen molar-refractivity contribution in [1.29, 1.82) is 0 Å². The predicted octanol–water partition coefficient (Wildman–Crippen LogP) is 1.61. The summed E-state index contributed by atoms with van der Waals surface area (Å²) in [4.78, 5) is 4.16. The summed E-state index contributed by atoms with van der Waals surface area (Å²) in [7, 11) is 1.63. The van der Waals surface area contributed by atoms with Crippen molar-refractivity contribution in [3.05, 3.63) is 35.8 Å². The minimum Gasteiger partial charge on any atom is -0.481 e. The summed E-state index contributed by atoms with van der Waals surface area (Å²) in [5.41, 5.74) is 2.12. The number of rotatable bonds is 4. The molecule has 0 amide bonds. The van der Waals surface area contributed by atoms with Crippen molar-refractivity contribution in [1.82, 2.24) is 20.0 Å². The largest absolute Gasteiger partial charge is 0.481 e. The first-order valence-corrected chi connectivity index (χ1v) is 5.74. The first-order chi connectivity index (χ1) is 8.36. The van der Waals surface area contributed by atoms with Crippen molar-refractivity contribution in [3.63, 3.8) is 0 Å². The average molecular weight is 230 g/mol. The summed E-state index contributed by atoms with van der Waals surface area (Å²) in [6, 6.07) is 3.89. The number of ether oxygens (including phenoxy) is 1. The third-order valence-electron chi connectivity index (χ3n) is 2.93. The van der Waals surface area contributed by atoms with Crippen LogP contribution in [0.3, 0.4) is 0 Å². The second-order valence-corrected chi connectivity index (χ2v) is 4.29. The van der Waals surface area contributed by atoms with Gasteiger partial charge in [-0.05, 0) is 18.9 Å². The van der Waals surface area contributed by atoms with Crippen molar-refractivity contribution >= 4 is 0 Å². The molecule has 88 valence electrons. The van der Waals surface area contributed by atoms with Crippen LogP contribution >= 0.6 is 0 Å². The highest BCUT2D eigenvalue weighted by atomic mass is 16.5. The molecule has 0 saturated heterocycles. The Kier molecular flexibility index (Phi) is 2.51. The SMILES string of the molecule is COc1ncccc1Cn1cc(C2CC2)nn1. The lowest BCUT2D eigenvalue weighted by Gasteiger charge is -2.05. The molecule has 3 rings (SSSR count). The number of methoxy groups -OCH3 is 1. The van der Waals surface area contributed by atoms with Crippen LogP contribution in [-0.2, 0) is 6.54 Å². The number of aromatic nitrogens is 4. The molecule has 0 spiro atoms. The van der Waals surface area contributed by atoms with Gasteiger partial charge in [-0.2, -0.15) is 0 Å². The van der Waals surface area contributed by atoms with Gasteiger partial charge >= 0.3 is 0 Å². The quantitative estimate of drug-likeness (QED) is 0.800. The Morgan fingerprint density at radius 3 is 3.12 bits per heavy atom. The molecule has 5 heteroatoms. The van der Waals surface area contributed by atoms with E-state index < -0.39 is 0 Å². The van der Waals surface area contributed by atoms with Crippen molar-refractivity contribution in [3.8, 4) is 5.88 Å². The summed E-state index contributed by atoms with van der Waals surface area (Å²) in [6.07, 6.45) is 6.23. The molecule has 1 fully saturated rings. The third-order valence-corrected chi connectivity index (χ3v) is 2.93. The molecule has 2 aromatic rings. The number of hydrogen-bond acceptors (Lipinski definition) is 4. The number of pyridine rings is 1. The maximum absolute atomic E-state index is 5.21. The Balaban J connectivity index is 1.80. The van der Waals surface area contributed by atoms with E-state index >= 15 is 0 Å². The smallest absolute Gasteiger partial charge is 0.218 e. The lowest BCUT2D eigenvalue weighted by atomic mass is 10.2. The van der Waals surface area contributed by atoms with Crippen LogP contribution in [0.1, 0.15) is 30.0 Å². The summed E-state index contributed by atoms with van der Waals surface area (Å²) >= 11 is 0. The van der Waals surface area contributed by atoms with Crippen molar-refractivity contribution in [2.24, 2.45) is 0 Å². The molecule has 1 aliphatic rings. The highest BCUT2D eigenvalue weighted by Crippen LogP contribution is 2.38. The Bertz CT molecular complexity index is 519. The molecule has 2 heterocycles. The van der Waals surface area contributed by atoms with Gasteiger partial charge in [-0.15, -0.1) is 5.10 Å². The Morgan fingerprint density at radius 2 is 2.35 bits per heavy atom. The van der Waals surface area contributed by atoms with E-state index in [2.05, 4.69) is 15.3 Å². The molecule has 0 unspecified atom stereocenters. The van der Waals surface area contributed by atoms with E-state index in [1.807, 2.05) is 23.0 Å². The number of hydrogen-bond donors (Lipinski definition) is 0. The molecule has 0 aliphatic heterocycles. The second kappa shape index (κ2) is 4.16. The summed E-state index contributed by atoms with van der Waals surface area (Å²) in [5, 5.41) is 8.31. The summed E-state index contributed by atoms with van der Waals surface area (Å²) < 4.78 is 7.05. The molecule has 17 heavy (non-hydrogen) atoms. The third kappa shape index (κ3) is 2.13. The molecule has 5 nitrogen and oxygen atoms in total. The van der Waals surface area contributed by atoms with E-state index in [-0.39, 0.29) is 0 Å². The molecular formula is C12H14N4O. The van der Waals surface area contributed by atoms with Gasteiger partial charge in [0, 0.05) is 23.9 Å². The van der Waals surface area contributed by atoms with E-state index in [0.717, 1.165) is 11.3 Å². The van der Waals surface area contributed by atoms with E-state index in [4.69, 9.17) is 4.74 Å². The normalized spacial score (nSPS) is 14.9. The Hall–Kier alpha value is -1.91. The fraction of sp³-hybridized carbons (Fsp3) is 0.417. The van der Waals surface area contributed by atoms with Gasteiger partial charge in [-0.3, -0.25) is 0 Å². The van der Waals surface area contributed by atoms with Gasteiger partial charge in [0.1, 0.15) is 0 Å². The van der Waals surface area contributed by atoms with Crippen molar-refractivity contribution < 1.29 is 4.74 Å². The van der Waals surface area contributed by atoms with Crippen LogP contribution < -0.4 is 4.74 Å². The van der Waals surface area contributed by atoms with Gasteiger partial charge in [0.2, 0.25) is 5.88 Å². The molecule has 0 bridgehead atoms. The molecule has 2 aromatic heterocycles. The lowest BCUT2D eigenvalue weighted by molar-refractivity contribution is 0.390. The number of nitrogens with zero attached hydrogens (tertiary/aromatic N) is 4. The molecule has 1 aliphatic carbocycles. The van der Waals surface area contributed by atoms with E-state index in [9.17, 15) is 0 Å². The zero-order valence-corrected chi connectivity index (χ0v) is 9.71.